The van der Waals surface area contributed by atoms with E-state index in [0.717, 1.165) is 25.9 Å². The van der Waals surface area contributed by atoms with Crippen LogP contribution in [0.3, 0.4) is 0 Å². The second-order valence-corrected chi connectivity index (χ2v) is 4.38. The van der Waals surface area contributed by atoms with Crippen LogP contribution in [0.5, 0.6) is 0 Å². The molecule has 2 nitrogen and oxygen atoms in total. The van der Waals surface area contributed by atoms with Gasteiger partial charge in [-0.15, -0.1) is 11.6 Å². The Bertz CT molecular complexity index is 326. The summed E-state index contributed by atoms with van der Waals surface area (Å²) in [4.78, 5) is 13.7. The first-order chi connectivity index (χ1) is 8.27. The van der Waals surface area contributed by atoms with Crippen LogP contribution in [0.15, 0.2) is 30.3 Å². The smallest absolute Gasteiger partial charge is 0.222 e. The highest BCUT2D eigenvalue weighted by Crippen LogP contribution is 2.04. The fourth-order valence-electron chi connectivity index (χ4n) is 1.74. The van der Waals surface area contributed by atoms with Gasteiger partial charge in [0, 0.05) is 25.4 Å². The molecule has 0 saturated carbocycles. The average Bonchev–Trinajstić information content (AvgIpc) is 2.38. The highest BCUT2D eigenvalue weighted by Gasteiger charge is 2.10. The lowest BCUT2D eigenvalue weighted by Crippen LogP contribution is -2.32. The van der Waals surface area contributed by atoms with E-state index in [-0.39, 0.29) is 5.91 Å². The van der Waals surface area contributed by atoms with Gasteiger partial charge in [0.2, 0.25) is 5.91 Å². The summed E-state index contributed by atoms with van der Waals surface area (Å²) in [6, 6.07) is 10.3. The van der Waals surface area contributed by atoms with Crippen LogP contribution in [0.2, 0.25) is 0 Å². The zero-order valence-corrected chi connectivity index (χ0v) is 11.1. The summed E-state index contributed by atoms with van der Waals surface area (Å²) in [5.41, 5.74) is 1.27. The van der Waals surface area contributed by atoms with Gasteiger partial charge >= 0.3 is 0 Å². The predicted molar refractivity (Wildman–Crippen MR) is 72.4 cm³/mol. The molecule has 0 radical (unpaired) electrons. The van der Waals surface area contributed by atoms with Gasteiger partial charge in [-0.25, -0.2) is 0 Å². The topological polar surface area (TPSA) is 20.3 Å². The normalized spacial score (nSPS) is 10.2. The molecule has 0 aliphatic carbocycles. The molecule has 94 valence electrons. The summed E-state index contributed by atoms with van der Waals surface area (Å²) >= 11 is 5.60. The number of rotatable bonds is 7. The fourth-order valence-corrected chi connectivity index (χ4v) is 1.88. The number of hydrogen-bond acceptors (Lipinski definition) is 1. The molecule has 0 N–H and O–H groups in total. The molecule has 1 rings (SSSR count). The summed E-state index contributed by atoms with van der Waals surface area (Å²) < 4.78 is 0. The first-order valence-corrected chi connectivity index (χ1v) is 6.69. The third-order valence-corrected chi connectivity index (χ3v) is 3.04. The van der Waals surface area contributed by atoms with E-state index in [1.54, 1.807) is 0 Å². The first kappa shape index (κ1) is 14.0. The Balaban J connectivity index is 2.39. The molecular formula is C14H20ClNO. The Labute approximate surface area is 109 Å². The largest absolute Gasteiger partial charge is 0.343 e. The Hall–Kier alpha value is -1.02. The lowest BCUT2D eigenvalue weighted by Gasteiger charge is -2.20. The number of carbonyl (C=O) groups is 1. The number of carbonyl (C=O) groups excluding carboxylic acids is 1. The molecule has 0 bridgehead atoms. The molecule has 0 fully saturated rings. The number of amides is 1. The average molecular weight is 254 g/mol. The lowest BCUT2D eigenvalue weighted by molar-refractivity contribution is -0.131. The Morgan fingerprint density at radius 3 is 2.59 bits per heavy atom. The second-order valence-electron chi connectivity index (χ2n) is 4.00. The first-order valence-electron chi connectivity index (χ1n) is 6.15. The zero-order chi connectivity index (χ0) is 12.5. The van der Waals surface area contributed by atoms with E-state index in [0.29, 0.717) is 12.3 Å². The van der Waals surface area contributed by atoms with E-state index >= 15 is 0 Å². The van der Waals surface area contributed by atoms with E-state index in [4.69, 9.17) is 11.6 Å². The van der Waals surface area contributed by atoms with Gasteiger partial charge in [-0.05, 0) is 25.3 Å². The van der Waals surface area contributed by atoms with Crippen LogP contribution in [0.4, 0.5) is 0 Å². The Kier molecular flexibility index (Phi) is 6.71. The van der Waals surface area contributed by atoms with Gasteiger partial charge in [0.1, 0.15) is 0 Å². The van der Waals surface area contributed by atoms with Crippen molar-refractivity contribution >= 4 is 17.5 Å². The highest BCUT2D eigenvalue weighted by molar-refractivity contribution is 6.17. The van der Waals surface area contributed by atoms with Gasteiger partial charge in [-0.3, -0.25) is 4.79 Å². The van der Waals surface area contributed by atoms with Crippen molar-refractivity contribution in [3.8, 4) is 0 Å². The van der Waals surface area contributed by atoms with Crippen molar-refractivity contribution in [2.75, 3.05) is 19.0 Å². The molecular weight excluding hydrogens is 234 g/mol. The highest BCUT2D eigenvalue weighted by atomic mass is 35.5. The van der Waals surface area contributed by atoms with E-state index in [9.17, 15) is 4.79 Å². The monoisotopic (exact) mass is 253 g/mol. The summed E-state index contributed by atoms with van der Waals surface area (Å²) in [6.45, 7) is 3.58. The van der Waals surface area contributed by atoms with Gasteiger partial charge in [-0.1, -0.05) is 30.3 Å². The Morgan fingerprint density at radius 2 is 2.00 bits per heavy atom. The lowest BCUT2D eigenvalue weighted by atomic mass is 10.1. The standard InChI is InChI=1S/C14H20ClNO/c1-2-16(14(17)9-6-11-15)12-10-13-7-4-3-5-8-13/h3-5,7-8H,2,6,9-12H2,1H3. The molecule has 1 aromatic carbocycles. The molecule has 17 heavy (non-hydrogen) atoms. The molecule has 0 saturated heterocycles. The van der Waals surface area contributed by atoms with Crippen molar-refractivity contribution in [3.63, 3.8) is 0 Å². The minimum Gasteiger partial charge on any atom is -0.343 e. The van der Waals surface area contributed by atoms with Crippen LogP contribution in [0.25, 0.3) is 0 Å². The Morgan fingerprint density at radius 1 is 1.29 bits per heavy atom. The molecule has 0 aliphatic heterocycles. The predicted octanol–water partition coefficient (Wildman–Crippen LogP) is 3.10. The zero-order valence-electron chi connectivity index (χ0n) is 10.4. The van der Waals surface area contributed by atoms with Gasteiger partial charge in [0.15, 0.2) is 0 Å². The van der Waals surface area contributed by atoms with Gasteiger partial charge in [0.05, 0.1) is 0 Å². The maximum Gasteiger partial charge on any atom is 0.222 e. The van der Waals surface area contributed by atoms with Crippen molar-refractivity contribution in [3.05, 3.63) is 35.9 Å². The summed E-state index contributed by atoms with van der Waals surface area (Å²) in [7, 11) is 0. The molecule has 0 atom stereocenters. The molecule has 1 aromatic rings. The van der Waals surface area contributed by atoms with Crippen molar-refractivity contribution < 1.29 is 4.79 Å². The van der Waals surface area contributed by atoms with Gasteiger partial charge in [-0.2, -0.15) is 0 Å². The van der Waals surface area contributed by atoms with Crippen LogP contribution in [0, 0.1) is 0 Å². The third-order valence-electron chi connectivity index (χ3n) is 2.77. The quantitative estimate of drug-likeness (QED) is 0.684. The van der Waals surface area contributed by atoms with Crippen molar-refractivity contribution in [2.24, 2.45) is 0 Å². The molecule has 3 heteroatoms. The fraction of sp³-hybridized carbons (Fsp3) is 0.500. The second kappa shape index (κ2) is 8.13. The van der Waals surface area contributed by atoms with E-state index in [1.807, 2.05) is 30.0 Å². The maximum absolute atomic E-state index is 11.8. The molecule has 0 spiro atoms. The summed E-state index contributed by atoms with van der Waals surface area (Å²) in [5.74, 6) is 0.770. The molecule has 1 amide bonds. The minimum atomic E-state index is 0.212. The number of alkyl halides is 1. The number of likely N-dealkylation sites (N-methyl/N-ethyl adjacent to an activating group) is 1. The SMILES string of the molecule is CCN(CCc1ccccc1)C(=O)CCCCl. The summed E-state index contributed by atoms with van der Waals surface area (Å²) in [5, 5.41) is 0. The molecule has 0 aromatic heterocycles. The molecule has 0 unspecified atom stereocenters. The number of benzene rings is 1. The molecule has 0 aliphatic rings. The van der Waals surface area contributed by atoms with Crippen LogP contribution < -0.4 is 0 Å². The van der Waals surface area contributed by atoms with E-state index < -0.39 is 0 Å². The number of hydrogen-bond donors (Lipinski definition) is 0. The maximum atomic E-state index is 11.8. The van der Waals surface area contributed by atoms with Gasteiger partial charge < -0.3 is 4.90 Å². The van der Waals surface area contributed by atoms with Crippen LogP contribution in [-0.2, 0) is 11.2 Å². The molecule has 0 heterocycles. The van der Waals surface area contributed by atoms with E-state index in [2.05, 4.69) is 12.1 Å². The number of halogens is 1. The van der Waals surface area contributed by atoms with Crippen LogP contribution in [-0.4, -0.2) is 29.8 Å². The van der Waals surface area contributed by atoms with Crippen molar-refractivity contribution in [2.45, 2.75) is 26.2 Å². The van der Waals surface area contributed by atoms with Crippen molar-refractivity contribution in [1.29, 1.82) is 0 Å². The van der Waals surface area contributed by atoms with Crippen LogP contribution >= 0.6 is 11.6 Å². The number of nitrogens with zero attached hydrogens (tertiary/aromatic N) is 1. The minimum absolute atomic E-state index is 0.212. The van der Waals surface area contributed by atoms with Gasteiger partial charge in [0.25, 0.3) is 0 Å². The summed E-state index contributed by atoms with van der Waals surface area (Å²) in [6.07, 6.45) is 2.25. The third kappa shape index (κ3) is 5.22. The van der Waals surface area contributed by atoms with E-state index in [1.165, 1.54) is 5.56 Å². The van der Waals surface area contributed by atoms with Crippen LogP contribution in [0.1, 0.15) is 25.3 Å². The van der Waals surface area contributed by atoms with Crippen molar-refractivity contribution in [1.82, 2.24) is 4.90 Å².